The Hall–Kier alpha value is -2.87. The Bertz CT molecular complexity index is 994. The van der Waals surface area contributed by atoms with Crippen LogP contribution in [0.4, 0.5) is 23.2 Å². The number of unbranched alkanes of at least 4 members (excludes halogenated alkanes) is 9. The highest BCUT2D eigenvalue weighted by molar-refractivity contribution is 5.43. The van der Waals surface area contributed by atoms with Gasteiger partial charge < -0.3 is 0 Å². The summed E-state index contributed by atoms with van der Waals surface area (Å²) in [7, 11) is 0. The Kier molecular flexibility index (Phi) is 14.6. The van der Waals surface area contributed by atoms with Crippen molar-refractivity contribution in [3.63, 3.8) is 0 Å². The van der Waals surface area contributed by atoms with Gasteiger partial charge >= 0.3 is 12.0 Å². The molecule has 0 saturated carbocycles. The number of nitrogens with zero attached hydrogens (tertiary/aromatic N) is 1. The van der Waals surface area contributed by atoms with Gasteiger partial charge in [-0.15, -0.1) is 5.59 Å². The Morgan fingerprint density at radius 3 is 1.90 bits per heavy atom. The van der Waals surface area contributed by atoms with Gasteiger partial charge in [-0.2, -0.15) is 22.8 Å². The first-order valence-electron chi connectivity index (χ1n) is 13.6. The minimum atomic E-state index is -4.98. The topological polar surface area (TPSA) is 66.6 Å². The molecule has 39 heavy (non-hydrogen) atoms. The molecule has 0 fully saturated rings. The summed E-state index contributed by atoms with van der Waals surface area (Å²) in [5.74, 6) is -4.13. The standard InChI is InChI=1S/C29H39F4N3O3/c1-2-3-4-5-6-7-8-9-10-11-21-36-22-18-26(19-23-36)13-12-25-14-16-27(17-15-25)34-35-39-29(32,33)28(30,31)20-24-38-37/h14-19,22-23,34-35H,2-13,21H2,1H3/p+1. The van der Waals surface area contributed by atoms with E-state index >= 15 is 0 Å². The Labute approximate surface area is 228 Å². The monoisotopic (exact) mass is 554 g/mol. The molecule has 1 heterocycles. The molecule has 1 aromatic heterocycles. The van der Waals surface area contributed by atoms with E-state index in [1.54, 1.807) is 29.9 Å². The summed E-state index contributed by atoms with van der Waals surface area (Å²) in [6, 6.07) is 11.1. The molecule has 0 spiro atoms. The summed E-state index contributed by atoms with van der Waals surface area (Å²) in [6.45, 7) is 3.27. The Morgan fingerprint density at radius 2 is 1.33 bits per heavy atom. The van der Waals surface area contributed by atoms with Crippen molar-refractivity contribution in [2.75, 3.05) is 5.43 Å². The van der Waals surface area contributed by atoms with Gasteiger partial charge in [0.2, 0.25) is 0 Å². The van der Waals surface area contributed by atoms with Gasteiger partial charge in [0.1, 0.15) is 6.54 Å². The molecule has 2 aromatic rings. The number of aryl methyl sites for hydroxylation is 3. The average Bonchev–Trinajstić information content (AvgIpc) is 2.93. The molecule has 6 nitrogen and oxygen atoms in total. The second-order valence-electron chi connectivity index (χ2n) is 9.56. The average molecular weight is 555 g/mol. The number of alkyl halides is 4. The molecule has 0 amide bonds. The highest BCUT2D eigenvalue weighted by Gasteiger charge is 2.58. The third-order valence-electron chi connectivity index (χ3n) is 6.38. The summed E-state index contributed by atoms with van der Waals surface area (Å²) in [4.78, 5) is 6.80. The molecule has 0 unspecified atom stereocenters. The molecular formula is C29H40F4N3O3+. The number of hydrogen-bond donors (Lipinski definition) is 3. The third-order valence-corrected chi connectivity index (χ3v) is 6.38. The zero-order valence-corrected chi connectivity index (χ0v) is 22.5. The Balaban J connectivity index is 1.63. The van der Waals surface area contributed by atoms with Crippen molar-refractivity contribution in [3.8, 4) is 12.0 Å². The molecule has 0 radical (unpaired) electrons. The lowest BCUT2D eigenvalue weighted by Crippen LogP contribution is -2.46. The number of benzene rings is 1. The second-order valence-corrected chi connectivity index (χ2v) is 9.56. The van der Waals surface area contributed by atoms with Crippen LogP contribution < -0.4 is 15.6 Å². The first-order valence-corrected chi connectivity index (χ1v) is 13.6. The fourth-order valence-electron chi connectivity index (χ4n) is 4.00. The first-order chi connectivity index (χ1) is 18.8. The van der Waals surface area contributed by atoms with Crippen molar-refractivity contribution in [2.24, 2.45) is 0 Å². The molecule has 0 atom stereocenters. The van der Waals surface area contributed by atoms with Crippen LogP contribution in [0.2, 0.25) is 0 Å². The van der Waals surface area contributed by atoms with Gasteiger partial charge in [-0.3, -0.25) is 10.3 Å². The van der Waals surface area contributed by atoms with Crippen LogP contribution in [0.15, 0.2) is 48.8 Å². The van der Waals surface area contributed by atoms with Crippen molar-refractivity contribution in [1.29, 1.82) is 0 Å². The maximum atomic E-state index is 13.4. The van der Waals surface area contributed by atoms with Gasteiger partial charge in [0.15, 0.2) is 18.5 Å². The summed E-state index contributed by atoms with van der Waals surface area (Å²) < 4.78 is 55.6. The molecule has 2 rings (SSSR count). The minimum absolute atomic E-state index is 0.329. The summed E-state index contributed by atoms with van der Waals surface area (Å²) >= 11 is 0. The van der Waals surface area contributed by atoms with Crippen LogP contribution in [-0.4, -0.2) is 17.3 Å². The van der Waals surface area contributed by atoms with E-state index in [1.807, 2.05) is 0 Å². The fourth-order valence-corrected chi connectivity index (χ4v) is 4.00. The number of pyridine rings is 1. The van der Waals surface area contributed by atoms with Gasteiger partial charge in [-0.25, -0.2) is 9.40 Å². The summed E-state index contributed by atoms with van der Waals surface area (Å²) in [6.07, 6.45) is 15.1. The second kappa shape index (κ2) is 17.7. The zero-order chi connectivity index (χ0) is 28.4. The van der Waals surface area contributed by atoms with Crippen molar-refractivity contribution < 1.29 is 37.1 Å². The number of hydrogen-bond acceptors (Lipinski definition) is 5. The quantitative estimate of drug-likeness (QED) is 0.0428. The van der Waals surface area contributed by atoms with Crippen LogP contribution in [0.25, 0.3) is 0 Å². The molecule has 3 N–H and O–H groups in total. The lowest BCUT2D eigenvalue weighted by atomic mass is 10.1. The molecule has 0 aliphatic carbocycles. The summed E-state index contributed by atoms with van der Waals surface area (Å²) in [5, 5.41) is 7.91. The van der Waals surface area contributed by atoms with E-state index in [0.29, 0.717) is 5.69 Å². The smallest absolute Gasteiger partial charge is 0.299 e. The van der Waals surface area contributed by atoms with Gasteiger partial charge in [0.25, 0.3) is 0 Å². The number of hydrazine groups is 1. The molecule has 0 saturated heterocycles. The lowest BCUT2D eigenvalue weighted by Gasteiger charge is -2.21. The summed E-state index contributed by atoms with van der Waals surface area (Å²) in [5.41, 5.74) is 6.42. The van der Waals surface area contributed by atoms with Crippen LogP contribution in [-0.2, 0) is 29.1 Å². The molecule has 0 aliphatic rings. The van der Waals surface area contributed by atoms with Crippen LogP contribution in [0.5, 0.6) is 0 Å². The highest BCUT2D eigenvalue weighted by Crippen LogP contribution is 2.33. The first kappa shape index (κ1) is 32.3. The predicted octanol–water partition coefficient (Wildman–Crippen LogP) is 7.21. The van der Waals surface area contributed by atoms with Crippen LogP contribution in [0.1, 0.15) is 82.3 Å². The zero-order valence-electron chi connectivity index (χ0n) is 22.5. The number of nitrogens with one attached hydrogen (secondary N) is 2. The van der Waals surface area contributed by atoms with Gasteiger partial charge in [-0.05, 0) is 42.5 Å². The number of halogens is 4. The largest absolute Gasteiger partial charge is 0.449 e. The third kappa shape index (κ3) is 12.7. The Morgan fingerprint density at radius 1 is 0.795 bits per heavy atom. The van der Waals surface area contributed by atoms with Crippen molar-refractivity contribution >= 4 is 5.69 Å². The molecule has 10 heteroatoms. The van der Waals surface area contributed by atoms with E-state index in [4.69, 9.17) is 5.26 Å². The normalized spacial score (nSPS) is 11.6. The highest BCUT2D eigenvalue weighted by atomic mass is 19.3. The number of anilines is 1. The van der Waals surface area contributed by atoms with Crippen molar-refractivity contribution in [3.05, 3.63) is 59.9 Å². The van der Waals surface area contributed by atoms with Crippen LogP contribution in [0, 0.1) is 12.0 Å². The molecule has 1 aromatic carbocycles. The molecule has 216 valence electrons. The number of rotatable bonds is 19. The van der Waals surface area contributed by atoms with E-state index in [0.717, 1.165) is 37.0 Å². The van der Waals surface area contributed by atoms with E-state index in [2.05, 4.69) is 51.2 Å². The van der Waals surface area contributed by atoms with E-state index in [9.17, 15) is 17.6 Å². The van der Waals surface area contributed by atoms with E-state index in [1.165, 1.54) is 69.8 Å². The molecule has 0 bridgehead atoms. The van der Waals surface area contributed by atoms with Crippen molar-refractivity contribution in [1.82, 2.24) is 5.59 Å². The van der Waals surface area contributed by atoms with E-state index in [-0.39, 0.29) is 0 Å². The van der Waals surface area contributed by atoms with Crippen molar-refractivity contribution in [2.45, 2.75) is 103 Å². The fraction of sp³-hybridized carbons (Fsp3) is 0.552. The lowest BCUT2D eigenvalue weighted by molar-refractivity contribution is -0.697. The van der Waals surface area contributed by atoms with E-state index < -0.39 is 12.0 Å². The van der Waals surface area contributed by atoms with Crippen LogP contribution >= 0.6 is 0 Å². The van der Waals surface area contributed by atoms with Gasteiger partial charge in [-0.1, -0.05) is 70.4 Å². The predicted molar refractivity (Wildman–Crippen MR) is 142 cm³/mol. The van der Waals surface area contributed by atoms with Gasteiger partial charge in [0.05, 0.1) is 5.69 Å². The maximum absolute atomic E-state index is 13.4. The minimum Gasteiger partial charge on any atom is -0.299 e. The maximum Gasteiger partial charge on any atom is 0.449 e. The van der Waals surface area contributed by atoms with Crippen LogP contribution in [0.3, 0.4) is 0 Å². The van der Waals surface area contributed by atoms with Gasteiger partial charge in [0, 0.05) is 24.5 Å². The SMILES string of the molecule is CCCCCCCCCCCC[n+]1ccc(CCc2ccc(NNOC(F)(F)C(F)(F)C#COO)cc2)cc1. The number of aromatic nitrogens is 1. The molecule has 0 aliphatic heterocycles. The molecular weight excluding hydrogens is 514 g/mol.